The van der Waals surface area contributed by atoms with E-state index in [1.165, 1.54) is 0 Å². The second-order valence-corrected chi connectivity index (χ2v) is 6.19. The van der Waals surface area contributed by atoms with Crippen LogP contribution in [0.4, 0.5) is 0 Å². The summed E-state index contributed by atoms with van der Waals surface area (Å²) in [5.41, 5.74) is 2.91. The second kappa shape index (κ2) is 5.78. The quantitative estimate of drug-likeness (QED) is 0.650. The molecule has 6 heteroatoms. The van der Waals surface area contributed by atoms with Gasteiger partial charge in [0.15, 0.2) is 6.23 Å². The van der Waals surface area contributed by atoms with Crippen molar-refractivity contribution in [1.82, 2.24) is 19.7 Å². The maximum absolute atomic E-state index is 5.90. The molecule has 3 aromatic heterocycles. The lowest BCUT2D eigenvalue weighted by molar-refractivity contribution is -0.0365. The first-order valence-electron chi connectivity index (χ1n) is 7.39. The van der Waals surface area contributed by atoms with Crippen LogP contribution in [0.5, 0.6) is 0 Å². The fourth-order valence-corrected chi connectivity index (χ4v) is 3.19. The van der Waals surface area contributed by atoms with Crippen LogP contribution in [0.3, 0.4) is 0 Å². The SMILES string of the molecule is Brc1cc2c(-c3cccnc3)nn(C3CCCCO3)c2cn1. The Bertz CT molecular complexity index is 797. The van der Waals surface area contributed by atoms with E-state index < -0.39 is 0 Å². The third-order valence-corrected chi connectivity index (χ3v) is 4.36. The van der Waals surface area contributed by atoms with E-state index in [2.05, 4.69) is 25.9 Å². The molecule has 22 heavy (non-hydrogen) atoms. The van der Waals surface area contributed by atoms with Gasteiger partial charge < -0.3 is 4.74 Å². The Morgan fingerprint density at radius 1 is 1.27 bits per heavy atom. The predicted molar refractivity (Wildman–Crippen MR) is 87.3 cm³/mol. The zero-order chi connectivity index (χ0) is 14.9. The van der Waals surface area contributed by atoms with Gasteiger partial charge in [-0.1, -0.05) is 0 Å². The molecule has 4 rings (SSSR count). The topological polar surface area (TPSA) is 52.8 Å². The first kappa shape index (κ1) is 13.8. The molecule has 4 heterocycles. The minimum Gasteiger partial charge on any atom is -0.356 e. The van der Waals surface area contributed by atoms with Crippen molar-refractivity contribution in [2.24, 2.45) is 0 Å². The molecule has 0 aromatic carbocycles. The molecule has 0 N–H and O–H groups in total. The summed E-state index contributed by atoms with van der Waals surface area (Å²) < 4.78 is 8.67. The van der Waals surface area contributed by atoms with E-state index in [1.807, 2.05) is 35.3 Å². The van der Waals surface area contributed by atoms with Crippen LogP contribution in [-0.4, -0.2) is 26.4 Å². The Morgan fingerprint density at radius 3 is 3.00 bits per heavy atom. The molecule has 0 radical (unpaired) electrons. The number of rotatable bonds is 2. The maximum atomic E-state index is 5.90. The predicted octanol–water partition coefficient (Wildman–Crippen LogP) is 3.95. The molecular formula is C16H15BrN4O. The monoisotopic (exact) mass is 358 g/mol. The molecule has 1 aliphatic heterocycles. The average Bonchev–Trinajstić information content (AvgIpc) is 2.95. The molecule has 112 valence electrons. The third kappa shape index (κ3) is 2.42. The fourth-order valence-electron chi connectivity index (χ4n) is 2.86. The smallest absolute Gasteiger partial charge is 0.150 e. The van der Waals surface area contributed by atoms with E-state index in [0.29, 0.717) is 0 Å². The van der Waals surface area contributed by atoms with Crippen LogP contribution < -0.4 is 0 Å². The molecule has 1 saturated heterocycles. The Kier molecular flexibility index (Phi) is 3.63. The molecule has 1 aliphatic rings. The minimum absolute atomic E-state index is 0.00959. The molecule has 1 unspecified atom stereocenters. The van der Waals surface area contributed by atoms with Gasteiger partial charge in [-0.3, -0.25) is 4.98 Å². The van der Waals surface area contributed by atoms with E-state index in [4.69, 9.17) is 9.84 Å². The van der Waals surface area contributed by atoms with Crippen molar-refractivity contribution in [1.29, 1.82) is 0 Å². The van der Waals surface area contributed by atoms with Crippen molar-refractivity contribution >= 4 is 26.8 Å². The lowest BCUT2D eigenvalue weighted by atomic mass is 10.1. The van der Waals surface area contributed by atoms with E-state index in [0.717, 1.165) is 52.6 Å². The molecule has 0 spiro atoms. The highest BCUT2D eigenvalue weighted by Crippen LogP contribution is 2.33. The molecule has 0 bridgehead atoms. The van der Waals surface area contributed by atoms with Crippen molar-refractivity contribution in [2.45, 2.75) is 25.5 Å². The summed E-state index contributed by atoms with van der Waals surface area (Å²) >= 11 is 3.45. The normalized spacial score (nSPS) is 18.7. The van der Waals surface area contributed by atoms with Gasteiger partial charge in [0.25, 0.3) is 0 Å². The van der Waals surface area contributed by atoms with Gasteiger partial charge in [-0.05, 0) is 53.4 Å². The van der Waals surface area contributed by atoms with E-state index in [-0.39, 0.29) is 6.23 Å². The van der Waals surface area contributed by atoms with Crippen LogP contribution in [0.1, 0.15) is 25.5 Å². The van der Waals surface area contributed by atoms with Gasteiger partial charge in [0.1, 0.15) is 10.3 Å². The van der Waals surface area contributed by atoms with Crippen LogP contribution in [0.15, 0.2) is 41.4 Å². The van der Waals surface area contributed by atoms with Gasteiger partial charge in [0.05, 0.1) is 11.7 Å². The number of fused-ring (bicyclic) bond motifs is 1. The Morgan fingerprint density at radius 2 is 2.23 bits per heavy atom. The van der Waals surface area contributed by atoms with Gasteiger partial charge in [0, 0.05) is 30.0 Å². The number of nitrogens with zero attached hydrogens (tertiary/aromatic N) is 4. The highest BCUT2D eigenvalue weighted by Gasteiger charge is 2.22. The van der Waals surface area contributed by atoms with Crippen LogP contribution in [0, 0.1) is 0 Å². The Hall–Kier alpha value is -1.79. The molecule has 0 saturated carbocycles. The number of hydrogen-bond donors (Lipinski definition) is 0. The highest BCUT2D eigenvalue weighted by atomic mass is 79.9. The number of pyridine rings is 2. The summed E-state index contributed by atoms with van der Waals surface area (Å²) in [6, 6.07) is 5.95. The Labute approximate surface area is 136 Å². The fraction of sp³-hybridized carbons (Fsp3) is 0.312. The van der Waals surface area contributed by atoms with Crippen LogP contribution in [0.2, 0.25) is 0 Å². The van der Waals surface area contributed by atoms with E-state index in [1.54, 1.807) is 6.20 Å². The maximum Gasteiger partial charge on any atom is 0.150 e. The summed E-state index contributed by atoms with van der Waals surface area (Å²) in [5, 5.41) is 5.87. The summed E-state index contributed by atoms with van der Waals surface area (Å²) in [5.74, 6) is 0. The number of ether oxygens (including phenoxy) is 1. The van der Waals surface area contributed by atoms with Crippen LogP contribution in [0.25, 0.3) is 22.2 Å². The lowest BCUT2D eigenvalue weighted by Crippen LogP contribution is -2.19. The van der Waals surface area contributed by atoms with Gasteiger partial charge in [0.2, 0.25) is 0 Å². The number of halogens is 1. The number of hydrogen-bond acceptors (Lipinski definition) is 4. The molecule has 1 atom stereocenters. The van der Waals surface area contributed by atoms with Gasteiger partial charge in [-0.2, -0.15) is 5.10 Å². The van der Waals surface area contributed by atoms with Gasteiger partial charge in [-0.15, -0.1) is 0 Å². The summed E-state index contributed by atoms with van der Waals surface area (Å²) in [6.45, 7) is 0.790. The van der Waals surface area contributed by atoms with Crippen molar-refractivity contribution in [3.63, 3.8) is 0 Å². The zero-order valence-corrected chi connectivity index (χ0v) is 13.5. The summed E-state index contributed by atoms with van der Waals surface area (Å²) in [4.78, 5) is 8.56. The van der Waals surface area contributed by atoms with Crippen molar-refractivity contribution in [3.8, 4) is 11.3 Å². The zero-order valence-electron chi connectivity index (χ0n) is 11.9. The van der Waals surface area contributed by atoms with E-state index in [9.17, 15) is 0 Å². The molecule has 0 aliphatic carbocycles. The summed E-state index contributed by atoms with van der Waals surface area (Å²) in [7, 11) is 0. The first-order chi connectivity index (χ1) is 10.8. The van der Waals surface area contributed by atoms with E-state index >= 15 is 0 Å². The molecular weight excluding hydrogens is 344 g/mol. The molecule has 1 fully saturated rings. The Balaban J connectivity index is 1.91. The van der Waals surface area contributed by atoms with Crippen LogP contribution in [-0.2, 0) is 4.74 Å². The van der Waals surface area contributed by atoms with Crippen molar-refractivity contribution in [2.75, 3.05) is 6.61 Å². The third-order valence-electron chi connectivity index (χ3n) is 3.92. The standard InChI is InChI=1S/C16H15BrN4O/c17-14-8-12-13(10-19-14)21(15-5-1-2-7-22-15)20-16(12)11-4-3-6-18-9-11/h3-4,6,8-10,15H,1-2,5,7H2. The average molecular weight is 359 g/mol. The second-order valence-electron chi connectivity index (χ2n) is 5.38. The minimum atomic E-state index is -0.00959. The van der Waals surface area contributed by atoms with Gasteiger partial charge >= 0.3 is 0 Å². The largest absolute Gasteiger partial charge is 0.356 e. The number of aromatic nitrogens is 4. The summed E-state index contributed by atoms with van der Waals surface area (Å²) in [6.07, 6.45) is 8.72. The van der Waals surface area contributed by atoms with Crippen molar-refractivity contribution < 1.29 is 4.74 Å². The molecule has 3 aromatic rings. The highest BCUT2D eigenvalue weighted by molar-refractivity contribution is 9.10. The van der Waals surface area contributed by atoms with Crippen LogP contribution >= 0.6 is 15.9 Å². The van der Waals surface area contributed by atoms with Gasteiger partial charge in [-0.25, -0.2) is 9.67 Å². The molecule has 5 nitrogen and oxygen atoms in total. The molecule has 0 amide bonds. The first-order valence-corrected chi connectivity index (χ1v) is 8.18. The lowest BCUT2D eigenvalue weighted by Gasteiger charge is -2.23. The van der Waals surface area contributed by atoms with Crippen molar-refractivity contribution in [3.05, 3.63) is 41.4 Å².